The van der Waals surface area contributed by atoms with Crippen molar-refractivity contribution in [2.75, 3.05) is 58.3 Å². The van der Waals surface area contributed by atoms with E-state index in [0.29, 0.717) is 49.0 Å². The molecule has 0 aromatic heterocycles. The van der Waals surface area contributed by atoms with Crippen molar-refractivity contribution in [3.63, 3.8) is 0 Å². The first-order valence-corrected chi connectivity index (χ1v) is 12.6. The fraction of sp³-hybridized carbons (Fsp3) is 0.600. The molecule has 3 aliphatic rings. The van der Waals surface area contributed by atoms with E-state index >= 15 is 0 Å². The van der Waals surface area contributed by atoms with Crippen molar-refractivity contribution in [1.29, 1.82) is 0 Å². The fourth-order valence-electron chi connectivity index (χ4n) is 4.91. The molecule has 1 unspecified atom stereocenters. The Morgan fingerprint density at radius 2 is 1.97 bits per heavy atom. The molecule has 36 heavy (non-hydrogen) atoms. The fourth-order valence-corrected chi connectivity index (χ4v) is 4.91. The van der Waals surface area contributed by atoms with Crippen LogP contribution in [0.2, 0.25) is 0 Å². The van der Waals surface area contributed by atoms with Crippen LogP contribution in [0.4, 0.5) is 5.69 Å². The number of fused-ring (bicyclic) bond motifs is 1. The van der Waals surface area contributed by atoms with Gasteiger partial charge in [0.2, 0.25) is 17.7 Å². The lowest BCUT2D eigenvalue weighted by atomic mass is 10.0. The van der Waals surface area contributed by atoms with Crippen molar-refractivity contribution < 1.29 is 23.9 Å². The number of hydrogen-bond acceptors (Lipinski definition) is 8. The number of likely N-dealkylation sites (tertiary alicyclic amines) is 1. The molecular weight excluding hydrogens is 464 g/mol. The number of likely N-dealkylation sites (N-methyl/N-ethyl adjacent to an activating group) is 1. The van der Waals surface area contributed by atoms with Gasteiger partial charge < -0.3 is 25.6 Å². The van der Waals surface area contributed by atoms with Gasteiger partial charge in [0.15, 0.2) is 0 Å². The highest BCUT2D eigenvalue weighted by molar-refractivity contribution is 6.06. The number of piperidine rings is 2. The third-order valence-electron chi connectivity index (χ3n) is 7.07. The minimum Gasteiger partial charge on any atom is -0.379 e. The highest BCUT2D eigenvalue weighted by atomic mass is 16.5. The molecule has 4 amide bonds. The molecule has 11 nitrogen and oxygen atoms in total. The first-order valence-electron chi connectivity index (χ1n) is 12.6. The van der Waals surface area contributed by atoms with Gasteiger partial charge in [0.25, 0.3) is 5.91 Å². The van der Waals surface area contributed by atoms with Gasteiger partial charge in [0, 0.05) is 48.9 Å². The van der Waals surface area contributed by atoms with Crippen LogP contribution in [0.1, 0.15) is 41.6 Å². The van der Waals surface area contributed by atoms with E-state index in [1.54, 1.807) is 18.2 Å². The largest absolute Gasteiger partial charge is 0.379 e. The van der Waals surface area contributed by atoms with Crippen LogP contribution >= 0.6 is 0 Å². The average Bonchev–Trinajstić information content (AvgIpc) is 3.17. The van der Waals surface area contributed by atoms with Gasteiger partial charge >= 0.3 is 0 Å². The second-order valence-electron chi connectivity index (χ2n) is 9.81. The Morgan fingerprint density at radius 3 is 2.72 bits per heavy atom. The molecule has 1 aromatic carbocycles. The molecule has 0 aliphatic carbocycles. The zero-order valence-corrected chi connectivity index (χ0v) is 20.8. The summed E-state index contributed by atoms with van der Waals surface area (Å²) >= 11 is 0. The number of ether oxygens (including phenoxy) is 1. The summed E-state index contributed by atoms with van der Waals surface area (Å²) in [5.74, 6) is -1.24. The van der Waals surface area contributed by atoms with Gasteiger partial charge in [0.1, 0.15) is 6.04 Å². The molecule has 1 atom stereocenters. The van der Waals surface area contributed by atoms with E-state index < -0.39 is 11.9 Å². The average molecular weight is 501 g/mol. The maximum atomic E-state index is 12.9. The van der Waals surface area contributed by atoms with Gasteiger partial charge in [-0.3, -0.25) is 29.4 Å². The number of benzene rings is 1. The molecule has 0 spiro atoms. The van der Waals surface area contributed by atoms with Crippen molar-refractivity contribution in [1.82, 2.24) is 20.0 Å². The number of hydrogen-bond donors (Lipinski definition) is 3. The molecule has 1 aromatic rings. The lowest BCUT2D eigenvalue weighted by Gasteiger charge is -2.29. The molecule has 0 bridgehead atoms. The summed E-state index contributed by atoms with van der Waals surface area (Å²) in [5.41, 5.74) is 7.65. The van der Waals surface area contributed by atoms with E-state index in [2.05, 4.69) is 15.5 Å². The summed E-state index contributed by atoms with van der Waals surface area (Å²) in [6, 6.07) is 4.80. The number of amides is 4. The van der Waals surface area contributed by atoms with Crippen molar-refractivity contribution >= 4 is 29.3 Å². The zero-order valence-electron chi connectivity index (χ0n) is 20.8. The van der Waals surface area contributed by atoms with Gasteiger partial charge in [0.05, 0.1) is 19.8 Å². The van der Waals surface area contributed by atoms with Crippen molar-refractivity contribution in [3.05, 3.63) is 29.3 Å². The van der Waals surface area contributed by atoms with Gasteiger partial charge in [-0.25, -0.2) is 0 Å². The summed E-state index contributed by atoms with van der Waals surface area (Å²) in [6.07, 6.45) is 2.56. The number of nitrogens with two attached hydrogens (primary N) is 1. The summed E-state index contributed by atoms with van der Waals surface area (Å²) in [7, 11) is 1.86. The second kappa shape index (κ2) is 11.9. The molecule has 3 aliphatic heterocycles. The summed E-state index contributed by atoms with van der Waals surface area (Å²) < 4.78 is 5.75. The van der Waals surface area contributed by atoms with E-state index in [-0.39, 0.29) is 37.2 Å². The Balaban J connectivity index is 1.22. The molecule has 196 valence electrons. The zero-order chi connectivity index (χ0) is 25.7. The maximum Gasteiger partial charge on any atom is 0.255 e. The maximum absolute atomic E-state index is 12.9. The van der Waals surface area contributed by atoms with Crippen LogP contribution in [-0.4, -0.2) is 103 Å². The Bertz CT molecular complexity index is 993. The Morgan fingerprint density at radius 1 is 1.19 bits per heavy atom. The number of carbonyl (C=O) groups excluding carboxylic acids is 4. The standard InChI is InChI=1S/C25H36N6O5/c1-29(11-13-36-14-12-30-9-7-17(26)8-10-30)16-23(33)27-20-4-2-3-18-19(20)15-31(25(18)35)21-5-6-22(32)28-24(21)34/h2-4,17,21H,5-16,26H2,1H3,(H,27,33)(H,28,32,34). The molecule has 0 radical (unpaired) electrons. The molecular formula is C25H36N6O5. The monoisotopic (exact) mass is 500 g/mol. The topological polar surface area (TPSA) is 137 Å². The van der Waals surface area contributed by atoms with Crippen molar-refractivity contribution in [2.45, 2.75) is 44.3 Å². The Hall–Kier alpha value is -2.86. The summed E-state index contributed by atoms with van der Waals surface area (Å²) in [6.45, 7) is 5.13. The lowest BCUT2D eigenvalue weighted by molar-refractivity contribution is -0.137. The van der Waals surface area contributed by atoms with Crippen LogP contribution in [0.3, 0.4) is 0 Å². The number of carbonyl (C=O) groups is 4. The first-order chi connectivity index (χ1) is 17.3. The Kier molecular flexibility index (Phi) is 8.68. The number of imide groups is 1. The van der Waals surface area contributed by atoms with Gasteiger partial charge in [-0.05, 0) is 51.5 Å². The van der Waals surface area contributed by atoms with E-state index in [1.165, 1.54) is 4.90 Å². The molecule has 4 N–H and O–H groups in total. The SMILES string of the molecule is CN(CCOCCN1CCC(N)CC1)CC(=O)Nc1cccc2c1CN(C1CCC(=O)NC1=O)C2=O. The highest BCUT2D eigenvalue weighted by Gasteiger charge is 2.40. The minimum absolute atomic E-state index is 0.182. The Labute approximate surface area is 211 Å². The van der Waals surface area contributed by atoms with E-state index in [9.17, 15) is 19.2 Å². The van der Waals surface area contributed by atoms with Crippen LogP contribution in [0.15, 0.2) is 18.2 Å². The molecule has 4 rings (SSSR count). The van der Waals surface area contributed by atoms with E-state index in [0.717, 1.165) is 32.5 Å². The number of anilines is 1. The minimum atomic E-state index is -0.690. The van der Waals surface area contributed by atoms with Crippen LogP contribution in [0.5, 0.6) is 0 Å². The quantitative estimate of drug-likeness (QED) is 0.296. The molecule has 2 saturated heterocycles. The summed E-state index contributed by atoms with van der Waals surface area (Å²) in [5, 5.41) is 5.21. The highest BCUT2D eigenvalue weighted by Crippen LogP contribution is 2.32. The van der Waals surface area contributed by atoms with Crippen LogP contribution in [0, 0.1) is 0 Å². The molecule has 3 heterocycles. The molecule has 2 fully saturated rings. The van der Waals surface area contributed by atoms with Gasteiger partial charge in [-0.2, -0.15) is 0 Å². The molecule has 11 heteroatoms. The summed E-state index contributed by atoms with van der Waals surface area (Å²) in [4.78, 5) is 55.1. The van der Waals surface area contributed by atoms with Crippen molar-refractivity contribution in [3.8, 4) is 0 Å². The third-order valence-corrected chi connectivity index (χ3v) is 7.07. The lowest BCUT2D eigenvalue weighted by Crippen LogP contribution is -2.52. The molecule has 0 saturated carbocycles. The first kappa shape index (κ1) is 26.2. The number of nitrogens with zero attached hydrogens (tertiary/aromatic N) is 3. The number of nitrogens with one attached hydrogen (secondary N) is 2. The predicted octanol–water partition coefficient (Wildman–Crippen LogP) is -0.242. The third kappa shape index (κ3) is 6.47. The normalized spacial score (nSPS) is 21.1. The van der Waals surface area contributed by atoms with Crippen LogP contribution < -0.4 is 16.4 Å². The smallest absolute Gasteiger partial charge is 0.255 e. The van der Waals surface area contributed by atoms with Crippen molar-refractivity contribution in [2.24, 2.45) is 5.73 Å². The van der Waals surface area contributed by atoms with Crippen LogP contribution in [0.25, 0.3) is 0 Å². The number of rotatable bonds is 10. The van der Waals surface area contributed by atoms with Gasteiger partial charge in [-0.1, -0.05) is 6.07 Å². The second-order valence-corrected chi connectivity index (χ2v) is 9.81. The van der Waals surface area contributed by atoms with Crippen LogP contribution in [-0.2, 0) is 25.7 Å². The van der Waals surface area contributed by atoms with E-state index in [1.807, 2.05) is 11.9 Å². The van der Waals surface area contributed by atoms with Gasteiger partial charge in [-0.15, -0.1) is 0 Å². The van der Waals surface area contributed by atoms with E-state index in [4.69, 9.17) is 10.5 Å². The predicted molar refractivity (Wildman–Crippen MR) is 133 cm³/mol.